The van der Waals surface area contributed by atoms with Crippen LogP contribution >= 0.6 is 0 Å². The van der Waals surface area contributed by atoms with E-state index in [-0.39, 0.29) is 0 Å². The zero-order chi connectivity index (χ0) is 15.0. The van der Waals surface area contributed by atoms with Gasteiger partial charge < -0.3 is 5.11 Å². The molecule has 0 amide bonds. The summed E-state index contributed by atoms with van der Waals surface area (Å²) in [6.07, 6.45) is 2.25. The number of pyridine rings is 1. The second-order valence-corrected chi connectivity index (χ2v) is 7.32. The minimum Gasteiger partial charge on any atom is -0.393 e. The van der Waals surface area contributed by atoms with Gasteiger partial charge in [-0.25, -0.2) is 8.42 Å². The van der Waals surface area contributed by atoms with Crippen molar-refractivity contribution in [1.29, 1.82) is 0 Å². The molecule has 1 saturated heterocycles. The average molecular weight is 306 g/mol. The number of hydrogen-bond acceptors (Lipinski definition) is 4. The van der Waals surface area contributed by atoms with E-state index in [1.165, 1.54) is 4.31 Å². The zero-order valence-electron chi connectivity index (χ0n) is 11.9. The Balaban J connectivity index is 2.09. The number of aliphatic hydroxyl groups is 1. The Morgan fingerprint density at radius 2 is 1.95 bits per heavy atom. The highest BCUT2D eigenvalue weighted by molar-refractivity contribution is 7.89. The first kappa shape index (κ1) is 14.4. The van der Waals surface area contributed by atoms with Crippen LogP contribution in [0.1, 0.15) is 18.4 Å². The third-order valence-corrected chi connectivity index (χ3v) is 5.93. The normalized spacial score (nSPS) is 18.2. The fourth-order valence-corrected chi connectivity index (χ4v) is 4.39. The van der Waals surface area contributed by atoms with Crippen LogP contribution in [0, 0.1) is 6.92 Å². The van der Waals surface area contributed by atoms with Gasteiger partial charge in [0.05, 0.1) is 16.5 Å². The van der Waals surface area contributed by atoms with E-state index in [0.717, 1.165) is 11.1 Å². The SMILES string of the molecule is Cc1ccc(S(=O)(=O)N2CCC(O)CC2)c2cccnc12. The van der Waals surface area contributed by atoms with Gasteiger partial charge in [0.15, 0.2) is 0 Å². The van der Waals surface area contributed by atoms with Crippen molar-refractivity contribution in [1.82, 2.24) is 9.29 Å². The molecule has 1 fully saturated rings. The summed E-state index contributed by atoms with van der Waals surface area (Å²) >= 11 is 0. The smallest absolute Gasteiger partial charge is 0.243 e. The summed E-state index contributed by atoms with van der Waals surface area (Å²) in [6, 6.07) is 6.99. The first-order valence-electron chi connectivity index (χ1n) is 7.03. The van der Waals surface area contributed by atoms with E-state index in [1.807, 2.05) is 6.92 Å². The molecule has 0 saturated carbocycles. The van der Waals surface area contributed by atoms with Crippen molar-refractivity contribution in [3.63, 3.8) is 0 Å². The summed E-state index contributed by atoms with van der Waals surface area (Å²) < 4.78 is 27.1. The average Bonchev–Trinajstić information content (AvgIpc) is 2.48. The molecule has 2 heterocycles. The molecule has 1 aromatic carbocycles. The molecule has 0 spiro atoms. The largest absolute Gasteiger partial charge is 0.393 e. The minimum absolute atomic E-state index is 0.299. The van der Waals surface area contributed by atoms with Crippen LogP contribution in [0.2, 0.25) is 0 Å². The molecule has 0 atom stereocenters. The van der Waals surface area contributed by atoms with Gasteiger partial charge in [0.2, 0.25) is 10.0 Å². The van der Waals surface area contributed by atoms with Crippen LogP contribution in [0.3, 0.4) is 0 Å². The lowest BCUT2D eigenvalue weighted by molar-refractivity contribution is 0.113. The van der Waals surface area contributed by atoms with Gasteiger partial charge in [-0.2, -0.15) is 4.31 Å². The zero-order valence-corrected chi connectivity index (χ0v) is 12.7. The van der Waals surface area contributed by atoms with Crippen LogP contribution < -0.4 is 0 Å². The number of fused-ring (bicyclic) bond motifs is 1. The van der Waals surface area contributed by atoms with Crippen LogP contribution in [0.15, 0.2) is 35.4 Å². The van der Waals surface area contributed by atoms with Gasteiger partial charge >= 0.3 is 0 Å². The quantitative estimate of drug-likeness (QED) is 0.916. The highest BCUT2D eigenvalue weighted by Gasteiger charge is 2.30. The maximum Gasteiger partial charge on any atom is 0.243 e. The van der Waals surface area contributed by atoms with Crippen molar-refractivity contribution in [2.45, 2.75) is 30.8 Å². The van der Waals surface area contributed by atoms with Crippen molar-refractivity contribution in [2.24, 2.45) is 0 Å². The summed E-state index contributed by atoms with van der Waals surface area (Å²) in [4.78, 5) is 4.59. The molecule has 0 aliphatic carbocycles. The highest BCUT2D eigenvalue weighted by Crippen LogP contribution is 2.28. The molecule has 5 nitrogen and oxygen atoms in total. The summed E-state index contributed by atoms with van der Waals surface area (Å²) in [6.45, 7) is 2.64. The van der Waals surface area contributed by atoms with Gasteiger partial charge in [0.1, 0.15) is 0 Å². The Kier molecular flexibility index (Phi) is 3.69. The molecule has 1 N–H and O–H groups in total. The van der Waals surface area contributed by atoms with E-state index in [0.29, 0.717) is 36.2 Å². The molecule has 0 bridgehead atoms. The number of benzene rings is 1. The first-order chi connectivity index (χ1) is 10.00. The lowest BCUT2D eigenvalue weighted by Gasteiger charge is -2.29. The first-order valence-corrected chi connectivity index (χ1v) is 8.47. The molecule has 6 heteroatoms. The second kappa shape index (κ2) is 5.36. The summed E-state index contributed by atoms with van der Waals surface area (Å²) in [5.74, 6) is 0. The molecule has 1 aliphatic heterocycles. The molecule has 2 aromatic rings. The van der Waals surface area contributed by atoms with Crippen molar-refractivity contribution >= 4 is 20.9 Å². The Bertz CT molecular complexity index is 766. The molecule has 0 radical (unpaired) electrons. The standard InChI is InChI=1S/C15H18N2O3S/c1-11-4-5-14(13-3-2-8-16-15(11)13)21(19,20)17-9-6-12(18)7-10-17/h2-5,8,12,18H,6-7,9-10H2,1H3. The van der Waals surface area contributed by atoms with Crippen LogP contribution in [0.5, 0.6) is 0 Å². The molecule has 1 aromatic heterocycles. The number of hydrogen-bond donors (Lipinski definition) is 1. The van der Waals surface area contributed by atoms with Gasteiger partial charge in [0, 0.05) is 24.7 Å². The molecular formula is C15H18N2O3S. The highest BCUT2D eigenvalue weighted by atomic mass is 32.2. The second-order valence-electron chi connectivity index (χ2n) is 5.42. The third-order valence-electron chi connectivity index (χ3n) is 3.97. The van der Waals surface area contributed by atoms with Crippen LogP contribution in [0.25, 0.3) is 10.9 Å². The van der Waals surface area contributed by atoms with Crippen LogP contribution in [0.4, 0.5) is 0 Å². The van der Waals surface area contributed by atoms with E-state index < -0.39 is 16.1 Å². The van der Waals surface area contributed by atoms with E-state index in [4.69, 9.17) is 0 Å². The number of sulfonamides is 1. The molecule has 112 valence electrons. The summed E-state index contributed by atoms with van der Waals surface area (Å²) in [5.41, 5.74) is 1.68. The Morgan fingerprint density at radius 3 is 2.67 bits per heavy atom. The third kappa shape index (κ3) is 2.54. The molecule has 1 aliphatic rings. The van der Waals surface area contributed by atoms with Gasteiger partial charge in [-0.05, 0) is 43.5 Å². The lowest BCUT2D eigenvalue weighted by Crippen LogP contribution is -2.40. The monoisotopic (exact) mass is 306 g/mol. The van der Waals surface area contributed by atoms with Crippen LogP contribution in [-0.2, 0) is 10.0 Å². The fraction of sp³-hybridized carbons (Fsp3) is 0.400. The predicted molar refractivity (Wildman–Crippen MR) is 80.5 cm³/mol. The van der Waals surface area contributed by atoms with Crippen molar-refractivity contribution in [2.75, 3.05) is 13.1 Å². The van der Waals surface area contributed by atoms with E-state index in [9.17, 15) is 13.5 Å². The fourth-order valence-electron chi connectivity index (χ4n) is 2.73. The van der Waals surface area contributed by atoms with Crippen LogP contribution in [-0.4, -0.2) is 42.0 Å². The van der Waals surface area contributed by atoms with Gasteiger partial charge in [0.25, 0.3) is 0 Å². The maximum absolute atomic E-state index is 12.8. The predicted octanol–water partition coefficient (Wildman–Crippen LogP) is 1.69. The molecular weight excluding hydrogens is 288 g/mol. The van der Waals surface area contributed by atoms with Gasteiger partial charge in [-0.15, -0.1) is 0 Å². The minimum atomic E-state index is -3.55. The number of aromatic nitrogens is 1. The molecule has 21 heavy (non-hydrogen) atoms. The maximum atomic E-state index is 12.8. The van der Waals surface area contributed by atoms with E-state index in [2.05, 4.69) is 4.98 Å². The Labute approximate surface area is 124 Å². The number of aliphatic hydroxyl groups excluding tert-OH is 1. The van der Waals surface area contributed by atoms with Gasteiger partial charge in [-0.3, -0.25) is 4.98 Å². The van der Waals surface area contributed by atoms with Crippen molar-refractivity contribution in [3.8, 4) is 0 Å². The van der Waals surface area contributed by atoms with Crippen molar-refractivity contribution < 1.29 is 13.5 Å². The molecule has 0 unspecified atom stereocenters. The Hall–Kier alpha value is -1.50. The molecule has 3 rings (SSSR count). The summed E-state index contributed by atoms with van der Waals surface area (Å²) in [7, 11) is -3.55. The number of piperidine rings is 1. The number of rotatable bonds is 2. The van der Waals surface area contributed by atoms with Crippen molar-refractivity contribution in [3.05, 3.63) is 36.0 Å². The number of nitrogens with zero attached hydrogens (tertiary/aromatic N) is 2. The van der Waals surface area contributed by atoms with E-state index in [1.54, 1.807) is 30.5 Å². The van der Waals surface area contributed by atoms with Gasteiger partial charge in [-0.1, -0.05) is 6.07 Å². The summed E-state index contributed by atoms with van der Waals surface area (Å²) in [5, 5.41) is 10.2. The number of aryl methyl sites for hydroxylation is 1. The Morgan fingerprint density at radius 1 is 1.24 bits per heavy atom. The van der Waals surface area contributed by atoms with E-state index >= 15 is 0 Å². The topological polar surface area (TPSA) is 70.5 Å². The lowest BCUT2D eigenvalue weighted by atomic mass is 10.1.